The lowest BCUT2D eigenvalue weighted by molar-refractivity contribution is -0.120. The molecule has 4 aromatic rings. The van der Waals surface area contributed by atoms with E-state index in [9.17, 15) is 13.6 Å². The molecule has 0 bridgehead atoms. The molecule has 0 saturated carbocycles. The average molecular weight is 447 g/mol. The Kier molecular flexibility index (Phi) is 5.29. The van der Waals surface area contributed by atoms with E-state index in [1.165, 1.54) is 19.2 Å². The lowest BCUT2D eigenvalue weighted by Gasteiger charge is -2.29. The number of methoxy groups -OCH3 is 1. The number of amides is 1. The molecule has 0 atom stereocenters. The van der Waals surface area contributed by atoms with Crippen LogP contribution in [0.1, 0.15) is 0 Å². The molecule has 3 heterocycles. The second-order valence-electron chi connectivity index (χ2n) is 7.56. The Morgan fingerprint density at radius 1 is 1.09 bits per heavy atom. The van der Waals surface area contributed by atoms with Crippen LogP contribution in [0.15, 0.2) is 54.9 Å². The highest BCUT2D eigenvalue weighted by Gasteiger charge is 2.24. The van der Waals surface area contributed by atoms with Crippen LogP contribution >= 0.6 is 0 Å². The normalized spacial score (nSPS) is 13.8. The molecule has 0 aliphatic carbocycles. The Labute approximate surface area is 188 Å². The van der Waals surface area contributed by atoms with Crippen LogP contribution in [0, 0.1) is 11.6 Å². The number of rotatable bonds is 4. The van der Waals surface area contributed by atoms with E-state index in [1.807, 2.05) is 11.0 Å². The smallest absolute Gasteiger partial charge is 0.239 e. The number of nitrogens with zero attached hydrogens (tertiary/aromatic N) is 4. The number of hydrogen-bond acceptors (Lipinski definition) is 6. The highest BCUT2D eigenvalue weighted by molar-refractivity contribution is 5.99. The monoisotopic (exact) mass is 447 g/mol. The summed E-state index contributed by atoms with van der Waals surface area (Å²) in [6.07, 6.45) is 3.30. The maximum absolute atomic E-state index is 14.6. The Morgan fingerprint density at radius 2 is 1.97 bits per heavy atom. The van der Waals surface area contributed by atoms with Crippen molar-refractivity contribution in [1.29, 1.82) is 0 Å². The second kappa shape index (κ2) is 8.42. The molecule has 0 unspecified atom stereocenters. The molecule has 166 valence electrons. The molecule has 1 fully saturated rings. The number of ether oxygens (including phenoxy) is 1. The Morgan fingerprint density at radius 3 is 2.73 bits per heavy atom. The van der Waals surface area contributed by atoms with Gasteiger partial charge in [0.25, 0.3) is 0 Å². The minimum Gasteiger partial charge on any atom is -0.494 e. The number of halogens is 2. The van der Waals surface area contributed by atoms with Gasteiger partial charge in [0, 0.05) is 42.0 Å². The van der Waals surface area contributed by atoms with Crippen molar-refractivity contribution in [2.45, 2.75) is 0 Å². The van der Waals surface area contributed by atoms with Gasteiger partial charge in [-0.25, -0.2) is 18.7 Å². The highest BCUT2D eigenvalue weighted by Crippen LogP contribution is 2.38. The number of carbonyl (C=O) groups is 1. The van der Waals surface area contributed by atoms with Crippen molar-refractivity contribution in [1.82, 2.24) is 20.3 Å². The second-order valence-corrected chi connectivity index (χ2v) is 7.56. The molecule has 0 spiro atoms. The molecule has 2 aromatic carbocycles. The summed E-state index contributed by atoms with van der Waals surface area (Å²) in [6.45, 7) is 1.10. The van der Waals surface area contributed by atoms with Gasteiger partial charge in [-0.2, -0.15) is 0 Å². The summed E-state index contributed by atoms with van der Waals surface area (Å²) in [6, 6.07) is 10.9. The van der Waals surface area contributed by atoms with Gasteiger partial charge >= 0.3 is 0 Å². The molecule has 33 heavy (non-hydrogen) atoms. The molecular weight excluding hydrogens is 428 g/mol. The van der Waals surface area contributed by atoms with Crippen LogP contribution < -0.4 is 15.0 Å². The predicted octanol–water partition coefficient (Wildman–Crippen LogP) is 3.58. The number of fused-ring (bicyclic) bond motifs is 1. The fraction of sp³-hybridized carbons (Fsp3) is 0.167. The van der Waals surface area contributed by atoms with Crippen molar-refractivity contribution in [3.63, 3.8) is 0 Å². The molecular formula is C24H19F2N5O2. The third-order valence-electron chi connectivity index (χ3n) is 5.49. The van der Waals surface area contributed by atoms with Gasteiger partial charge in [-0.1, -0.05) is 12.1 Å². The van der Waals surface area contributed by atoms with Crippen LogP contribution in [0.2, 0.25) is 0 Å². The summed E-state index contributed by atoms with van der Waals surface area (Å²) in [7, 11) is 1.49. The third-order valence-corrected chi connectivity index (χ3v) is 5.49. The lowest BCUT2D eigenvalue weighted by atomic mass is 10.0. The minimum atomic E-state index is -0.953. The molecule has 1 saturated heterocycles. The van der Waals surface area contributed by atoms with Crippen LogP contribution in [0.25, 0.3) is 33.4 Å². The Balaban J connectivity index is 1.79. The number of hydrogen-bond donors (Lipinski definition) is 1. The van der Waals surface area contributed by atoms with Crippen molar-refractivity contribution < 1.29 is 18.3 Å². The SMILES string of the molecule is COc1cc(-c2cccc(F)c2F)cc2c(N3CCNC(=O)C3)nc(-c3cccnc3)nc12. The van der Waals surface area contributed by atoms with E-state index in [4.69, 9.17) is 14.7 Å². The lowest BCUT2D eigenvalue weighted by Crippen LogP contribution is -2.48. The summed E-state index contributed by atoms with van der Waals surface area (Å²) < 4.78 is 34.1. The first-order valence-electron chi connectivity index (χ1n) is 10.3. The van der Waals surface area contributed by atoms with Crippen molar-refractivity contribution >= 4 is 22.6 Å². The molecule has 7 nitrogen and oxygen atoms in total. The van der Waals surface area contributed by atoms with Gasteiger partial charge in [0.15, 0.2) is 17.5 Å². The van der Waals surface area contributed by atoms with E-state index in [-0.39, 0.29) is 18.0 Å². The van der Waals surface area contributed by atoms with E-state index in [1.54, 1.807) is 30.6 Å². The van der Waals surface area contributed by atoms with Gasteiger partial charge in [0.1, 0.15) is 17.1 Å². The zero-order chi connectivity index (χ0) is 22.9. The first-order chi connectivity index (χ1) is 16.0. The van der Waals surface area contributed by atoms with Gasteiger partial charge in [0.2, 0.25) is 5.91 Å². The van der Waals surface area contributed by atoms with E-state index in [0.29, 0.717) is 52.5 Å². The van der Waals surface area contributed by atoms with E-state index >= 15 is 0 Å². The average Bonchev–Trinajstić information content (AvgIpc) is 2.85. The zero-order valence-electron chi connectivity index (χ0n) is 17.7. The molecule has 0 radical (unpaired) electrons. The molecule has 5 rings (SSSR count). The first-order valence-corrected chi connectivity index (χ1v) is 10.3. The maximum atomic E-state index is 14.6. The summed E-state index contributed by atoms with van der Waals surface area (Å²) in [5, 5.41) is 3.36. The minimum absolute atomic E-state index is 0.0915. The van der Waals surface area contributed by atoms with Crippen LogP contribution in [-0.4, -0.2) is 47.6 Å². The van der Waals surface area contributed by atoms with Gasteiger partial charge in [-0.3, -0.25) is 9.78 Å². The summed E-state index contributed by atoms with van der Waals surface area (Å²) in [5.74, 6) is -0.727. The fourth-order valence-electron chi connectivity index (χ4n) is 3.91. The Hall–Kier alpha value is -4.14. The van der Waals surface area contributed by atoms with Crippen LogP contribution in [0.4, 0.5) is 14.6 Å². The van der Waals surface area contributed by atoms with Crippen molar-refractivity contribution in [2.24, 2.45) is 0 Å². The number of pyridine rings is 1. The summed E-state index contributed by atoms with van der Waals surface area (Å²) in [5.41, 5.74) is 1.70. The van der Waals surface area contributed by atoms with Gasteiger partial charge in [0.05, 0.1) is 13.7 Å². The number of benzene rings is 2. The summed E-state index contributed by atoms with van der Waals surface area (Å²) in [4.78, 5) is 27.5. The number of anilines is 1. The van der Waals surface area contributed by atoms with E-state index in [0.717, 1.165) is 6.07 Å². The largest absolute Gasteiger partial charge is 0.494 e. The van der Waals surface area contributed by atoms with Gasteiger partial charge in [-0.15, -0.1) is 0 Å². The van der Waals surface area contributed by atoms with Gasteiger partial charge in [-0.05, 0) is 35.9 Å². The number of carbonyl (C=O) groups excluding carboxylic acids is 1. The third kappa shape index (κ3) is 3.82. The molecule has 1 amide bonds. The van der Waals surface area contributed by atoms with Gasteiger partial charge < -0.3 is 15.0 Å². The molecule has 2 aromatic heterocycles. The number of aromatic nitrogens is 3. The highest BCUT2D eigenvalue weighted by atomic mass is 19.2. The molecule has 1 N–H and O–H groups in total. The first kappa shape index (κ1) is 20.7. The number of piperazine rings is 1. The topological polar surface area (TPSA) is 80.2 Å². The quantitative estimate of drug-likeness (QED) is 0.515. The van der Waals surface area contributed by atoms with Crippen LogP contribution in [0.3, 0.4) is 0 Å². The van der Waals surface area contributed by atoms with Crippen molar-refractivity contribution in [3.8, 4) is 28.3 Å². The molecule has 9 heteroatoms. The predicted molar refractivity (Wildman–Crippen MR) is 120 cm³/mol. The fourth-order valence-corrected chi connectivity index (χ4v) is 3.91. The molecule has 1 aliphatic rings. The maximum Gasteiger partial charge on any atom is 0.239 e. The number of nitrogens with one attached hydrogen (secondary N) is 1. The van der Waals surface area contributed by atoms with Crippen LogP contribution in [0.5, 0.6) is 5.75 Å². The standard InChI is InChI=1S/C24H19F2N5O2/c1-33-19-11-15(16-5-2-6-18(25)21(16)26)10-17-22(19)29-23(14-4-3-7-27-12-14)30-24(17)31-9-8-28-20(32)13-31/h2-7,10-12H,8-9,13H2,1H3,(H,28,32). The van der Waals surface area contributed by atoms with Crippen molar-refractivity contribution in [2.75, 3.05) is 31.6 Å². The summed E-state index contributed by atoms with van der Waals surface area (Å²) >= 11 is 0. The van der Waals surface area contributed by atoms with Crippen LogP contribution in [-0.2, 0) is 4.79 Å². The Bertz CT molecular complexity index is 1360. The van der Waals surface area contributed by atoms with E-state index in [2.05, 4.69) is 10.3 Å². The van der Waals surface area contributed by atoms with E-state index < -0.39 is 11.6 Å². The van der Waals surface area contributed by atoms with Crippen molar-refractivity contribution in [3.05, 3.63) is 66.5 Å². The molecule has 1 aliphatic heterocycles. The zero-order valence-corrected chi connectivity index (χ0v) is 17.7.